The number of ether oxygens (including phenoxy) is 1. The number of hydrogen-bond donors (Lipinski definition) is 1. The second kappa shape index (κ2) is 6.02. The lowest BCUT2D eigenvalue weighted by Gasteiger charge is -2.68. The highest BCUT2D eigenvalue weighted by Crippen LogP contribution is 2.70. The fraction of sp³-hybridized carbons (Fsp3) is 0.731. The molecule has 0 aromatic heterocycles. The second-order valence-corrected chi connectivity index (χ2v) is 11.6. The van der Waals surface area contributed by atoms with Crippen molar-refractivity contribution in [3.05, 3.63) is 23.8 Å². The minimum absolute atomic E-state index is 0.138. The Labute approximate surface area is 175 Å². The maximum Gasteiger partial charge on any atom is 0.126 e. The van der Waals surface area contributed by atoms with Crippen molar-refractivity contribution in [2.45, 2.75) is 84.7 Å². The normalized spacial score (nSPS) is 48.3. The highest BCUT2D eigenvalue weighted by molar-refractivity contribution is 5.60. The summed E-state index contributed by atoms with van der Waals surface area (Å²) in [5.74, 6) is 2.87. The monoisotopic (exact) mass is 396 g/mol. The Morgan fingerprint density at radius 1 is 0.966 bits per heavy atom. The fourth-order valence-electron chi connectivity index (χ4n) is 8.80. The van der Waals surface area contributed by atoms with E-state index in [0.29, 0.717) is 23.5 Å². The zero-order valence-electron chi connectivity index (χ0n) is 18.5. The Hall–Kier alpha value is -1.51. The van der Waals surface area contributed by atoms with Crippen molar-refractivity contribution in [3.8, 4) is 11.5 Å². The molecule has 0 unspecified atom stereocenters. The first-order valence-electron chi connectivity index (χ1n) is 11.6. The average Bonchev–Trinajstić information content (AvgIpc) is 2.66. The van der Waals surface area contributed by atoms with E-state index in [4.69, 9.17) is 4.74 Å². The summed E-state index contributed by atoms with van der Waals surface area (Å²) < 4.78 is 6.66. The van der Waals surface area contributed by atoms with E-state index >= 15 is 0 Å². The zero-order chi connectivity index (χ0) is 20.7. The SMILES string of the molecule is C[C@]12CCC[C@](C)(C=O)[C@H]1CC[C@]1(C)[C@H]2CC[C@]2(C)Oc3ccc(O)cc3C[C@@H]12. The molecule has 0 spiro atoms. The Morgan fingerprint density at radius 3 is 2.45 bits per heavy atom. The number of hydrogen-bond acceptors (Lipinski definition) is 3. The third-order valence-corrected chi connectivity index (χ3v) is 10.1. The van der Waals surface area contributed by atoms with E-state index in [9.17, 15) is 9.90 Å². The molecular formula is C26H36O3. The van der Waals surface area contributed by atoms with Crippen LogP contribution in [0.2, 0.25) is 0 Å². The van der Waals surface area contributed by atoms with Crippen molar-refractivity contribution in [2.75, 3.05) is 0 Å². The number of phenols is 1. The highest BCUT2D eigenvalue weighted by Gasteiger charge is 2.66. The van der Waals surface area contributed by atoms with E-state index in [1.165, 1.54) is 32.0 Å². The summed E-state index contributed by atoms with van der Waals surface area (Å²) in [4.78, 5) is 12.1. The van der Waals surface area contributed by atoms with Gasteiger partial charge in [-0.1, -0.05) is 27.2 Å². The average molecular weight is 397 g/mol. The van der Waals surface area contributed by atoms with Crippen LogP contribution in [0.4, 0.5) is 0 Å². The van der Waals surface area contributed by atoms with Crippen molar-refractivity contribution in [1.82, 2.24) is 0 Å². The molecule has 7 atom stereocenters. The maximum absolute atomic E-state index is 12.1. The minimum Gasteiger partial charge on any atom is -0.508 e. The van der Waals surface area contributed by atoms with Gasteiger partial charge in [0.05, 0.1) is 0 Å². The number of carbonyl (C=O) groups is 1. The van der Waals surface area contributed by atoms with Crippen LogP contribution < -0.4 is 4.74 Å². The Morgan fingerprint density at radius 2 is 1.69 bits per heavy atom. The van der Waals surface area contributed by atoms with Gasteiger partial charge < -0.3 is 14.6 Å². The molecule has 5 rings (SSSR count). The molecule has 1 aromatic carbocycles. The van der Waals surface area contributed by atoms with Crippen LogP contribution in [-0.2, 0) is 11.2 Å². The quantitative estimate of drug-likeness (QED) is 0.599. The third-order valence-electron chi connectivity index (χ3n) is 10.1. The topological polar surface area (TPSA) is 46.5 Å². The van der Waals surface area contributed by atoms with Crippen LogP contribution in [0.5, 0.6) is 11.5 Å². The Bertz CT molecular complexity index is 848. The lowest BCUT2D eigenvalue weighted by molar-refractivity contribution is -0.207. The van der Waals surface area contributed by atoms with Crippen LogP contribution in [0.3, 0.4) is 0 Å². The van der Waals surface area contributed by atoms with Gasteiger partial charge in [0.25, 0.3) is 0 Å². The second-order valence-electron chi connectivity index (χ2n) is 11.6. The maximum atomic E-state index is 12.1. The van der Waals surface area contributed by atoms with Crippen LogP contribution in [0.15, 0.2) is 18.2 Å². The first kappa shape index (κ1) is 19.5. The summed E-state index contributed by atoms with van der Waals surface area (Å²) >= 11 is 0. The lowest BCUT2D eigenvalue weighted by Crippen LogP contribution is -2.65. The highest BCUT2D eigenvalue weighted by atomic mass is 16.5. The zero-order valence-corrected chi connectivity index (χ0v) is 18.5. The number of aromatic hydroxyl groups is 1. The van der Waals surface area contributed by atoms with Crippen molar-refractivity contribution in [2.24, 2.45) is 34.0 Å². The summed E-state index contributed by atoms with van der Waals surface area (Å²) in [6.07, 6.45) is 10.4. The predicted octanol–water partition coefficient (Wildman–Crippen LogP) is 5.92. The summed E-state index contributed by atoms with van der Waals surface area (Å²) in [5, 5.41) is 10.0. The summed E-state index contributed by atoms with van der Waals surface area (Å²) in [6, 6.07) is 5.58. The van der Waals surface area contributed by atoms with Gasteiger partial charge in [-0.2, -0.15) is 0 Å². The molecule has 1 aliphatic heterocycles. The van der Waals surface area contributed by atoms with Gasteiger partial charge in [0.1, 0.15) is 23.4 Å². The molecule has 3 heteroatoms. The van der Waals surface area contributed by atoms with Gasteiger partial charge in [0, 0.05) is 11.3 Å². The van der Waals surface area contributed by atoms with E-state index in [0.717, 1.165) is 37.0 Å². The van der Waals surface area contributed by atoms with Crippen LogP contribution in [0.25, 0.3) is 0 Å². The first-order chi connectivity index (χ1) is 13.6. The van der Waals surface area contributed by atoms with Crippen LogP contribution in [0.1, 0.15) is 78.2 Å². The van der Waals surface area contributed by atoms with E-state index in [2.05, 4.69) is 27.7 Å². The molecule has 0 radical (unpaired) electrons. The molecule has 0 saturated heterocycles. The molecule has 3 fully saturated rings. The lowest BCUT2D eigenvalue weighted by atomic mass is 9.37. The van der Waals surface area contributed by atoms with Crippen molar-refractivity contribution in [1.29, 1.82) is 0 Å². The molecule has 3 nitrogen and oxygen atoms in total. The Kier molecular flexibility index (Phi) is 4.04. The molecule has 0 bridgehead atoms. The van der Waals surface area contributed by atoms with Gasteiger partial charge in [-0.25, -0.2) is 0 Å². The molecule has 158 valence electrons. The molecule has 1 N–H and O–H groups in total. The number of carbonyl (C=O) groups excluding carboxylic acids is 1. The number of rotatable bonds is 1. The smallest absolute Gasteiger partial charge is 0.126 e. The molecule has 1 heterocycles. The van der Waals surface area contributed by atoms with Crippen molar-refractivity contribution in [3.63, 3.8) is 0 Å². The minimum atomic E-state index is -0.156. The number of aldehydes is 1. The predicted molar refractivity (Wildman–Crippen MR) is 114 cm³/mol. The molecule has 1 aromatic rings. The van der Waals surface area contributed by atoms with Gasteiger partial charge in [-0.3, -0.25) is 0 Å². The van der Waals surface area contributed by atoms with Gasteiger partial charge in [0.15, 0.2) is 0 Å². The largest absolute Gasteiger partial charge is 0.508 e. The molecular weight excluding hydrogens is 360 g/mol. The fourth-order valence-corrected chi connectivity index (χ4v) is 8.80. The number of fused-ring (bicyclic) bond motifs is 6. The van der Waals surface area contributed by atoms with E-state index < -0.39 is 0 Å². The number of benzene rings is 1. The van der Waals surface area contributed by atoms with Crippen molar-refractivity contribution < 1.29 is 14.6 Å². The van der Waals surface area contributed by atoms with Crippen molar-refractivity contribution >= 4 is 6.29 Å². The summed E-state index contributed by atoms with van der Waals surface area (Å²) in [6.45, 7) is 9.57. The third kappa shape index (κ3) is 2.51. The molecule has 4 aliphatic rings. The number of phenolic OH excluding ortho intramolecular Hbond substituents is 1. The van der Waals surface area contributed by atoms with Gasteiger partial charge in [0.2, 0.25) is 0 Å². The summed E-state index contributed by atoms with van der Waals surface area (Å²) in [7, 11) is 0. The van der Waals surface area contributed by atoms with Gasteiger partial charge in [-0.05, 0) is 98.3 Å². The van der Waals surface area contributed by atoms with E-state index in [1.807, 2.05) is 12.1 Å². The first-order valence-corrected chi connectivity index (χ1v) is 11.6. The van der Waals surface area contributed by atoms with E-state index in [-0.39, 0.29) is 21.8 Å². The van der Waals surface area contributed by atoms with Gasteiger partial charge >= 0.3 is 0 Å². The van der Waals surface area contributed by atoms with Crippen LogP contribution in [-0.4, -0.2) is 17.0 Å². The molecule has 29 heavy (non-hydrogen) atoms. The molecule has 3 saturated carbocycles. The molecule has 0 amide bonds. The van der Waals surface area contributed by atoms with Crippen LogP contribution in [0, 0.1) is 34.0 Å². The Balaban J connectivity index is 1.56. The standard InChI is InChI=1S/C26H36O3/c1-23(16-27)10-5-11-24(2)20(23)8-12-25(3)21(24)9-13-26(4)22(25)15-17-14-18(28)6-7-19(17)29-26/h6-7,14,16,20-22,28H,5,8-13,15H2,1-4H3/t20-,21+,22+,23-,24+,25-,26+/m1/s1. The summed E-state index contributed by atoms with van der Waals surface area (Å²) in [5.41, 5.74) is 1.31. The van der Waals surface area contributed by atoms with E-state index in [1.54, 1.807) is 6.07 Å². The van der Waals surface area contributed by atoms with Gasteiger partial charge in [-0.15, -0.1) is 0 Å². The molecule has 3 aliphatic carbocycles. The van der Waals surface area contributed by atoms with Crippen LogP contribution >= 0.6 is 0 Å².